The molecule has 1 atom stereocenters. The summed E-state index contributed by atoms with van der Waals surface area (Å²) in [5.74, 6) is 0.898. The fourth-order valence-electron chi connectivity index (χ4n) is 2.16. The maximum atomic E-state index is 10.3. The molecule has 0 bridgehead atoms. The molecule has 0 amide bonds. The molecule has 0 aliphatic carbocycles. The maximum Gasteiger partial charge on any atom is 0.160 e. The van der Waals surface area contributed by atoms with Gasteiger partial charge in [0, 0.05) is 5.48 Å². The van der Waals surface area contributed by atoms with E-state index in [0.717, 1.165) is 5.56 Å². The first-order valence-electron chi connectivity index (χ1n) is 11.0. The second-order valence-electron chi connectivity index (χ2n) is 5.46. The zero-order valence-electron chi connectivity index (χ0n) is 20.7. The van der Waals surface area contributed by atoms with Gasteiger partial charge in [0.2, 0.25) is 0 Å². The normalized spacial score (nSPS) is 17.1. The number of rotatable bonds is 10. The van der Waals surface area contributed by atoms with Crippen molar-refractivity contribution in [3.05, 3.63) is 53.6 Å². The molecular weight excluding hydrogens is 316 g/mol. The number of methoxy groups -OCH3 is 2. The second-order valence-corrected chi connectivity index (χ2v) is 5.46. The average Bonchev–Trinajstić information content (AvgIpc) is 2.70. The Kier molecular flexibility index (Phi) is 4.85. The summed E-state index contributed by atoms with van der Waals surface area (Å²) in [6.07, 6.45) is -7.29. The number of hydrogen-bond acceptors (Lipinski definition) is 4. The van der Waals surface area contributed by atoms with Gasteiger partial charge >= 0.3 is 0 Å². The van der Waals surface area contributed by atoms with Crippen LogP contribution in [0.4, 0.5) is 0 Å². The molecule has 0 radical (unpaired) electrons. The Bertz CT molecular complexity index is 888. The molecule has 0 aliphatic rings. The van der Waals surface area contributed by atoms with Gasteiger partial charge in [-0.05, 0) is 61.5 Å². The van der Waals surface area contributed by atoms with Crippen molar-refractivity contribution in [2.75, 3.05) is 20.8 Å². The van der Waals surface area contributed by atoms with Crippen LogP contribution >= 0.6 is 0 Å². The zero-order chi connectivity index (χ0) is 23.4. The summed E-state index contributed by atoms with van der Waals surface area (Å²) in [6, 6.07) is 11.0. The standard InChI is InChI=1S/C21H28O4/c1-16-7-6-10-19(13-16)25-15-18(22)9-5-4-8-17-11-12-20(23-2)21(14-17)24-3/h6-7,10-14,18,22H,4-5,8-9,15H2,1-3H3/i4D2,8D2,15D2. The van der Waals surface area contributed by atoms with Crippen LogP contribution in [0.2, 0.25) is 0 Å². The maximum absolute atomic E-state index is 10.3. The van der Waals surface area contributed by atoms with Gasteiger partial charge in [-0.2, -0.15) is 0 Å². The Labute approximate surface area is 158 Å². The van der Waals surface area contributed by atoms with E-state index in [1.54, 1.807) is 18.2 Å². The minimum absolute atomic E-state index is 0.0451. The number of hydrogen-bond donors (Lipinski definition) is 1. The monoisotopic (exact) mass is 350 g/mol. The first kappa shape index (κ1) is 12.2. The van der Waals surface area contributed by atoms with E-state index in [1.807, 2.05) is 13.0 Å². The lowest BCUT2D eigenvalue weighted by atomic mass is 10.0. The van der Waals surface area contributed by atoms with Crippen molar-refractivity contribution in [3.8, 4) is 17.2 Å². The molecule has 0 fully saturated rings. The predicted molar refractivity (Wildman–Crippen MR) is 99.8 cm³/mol. The van der Waals surface area contributed by atoms with Crippen LogP contribution in [0.5, 0.6) is 17.2 Å². The van der Waals surface area contributed by atoms with Crippen molar-refractivity contribution in [1.29, 1.82) is 0 Å². The molecular formula is C21H28O4. The van der Waals surface area contributed by atoms with Crippen molar-refractivity contribution >= 4 is 0 Å². The fourth-order valence-corrected chi connectivity index (χ4v) is 2.16. The molecule has 1 unspecified atom stereocenters. The Morgan fingerprint density at radius 2 is 1.88 bits per heavy atom. The zero-order valence-corrected chi connectivity index (χ0v) is 14.7. The van der Waals surface area contributed by atoms with Crippen LogP contribution in [0.3, 0.4) is 0 Å². The average molecular weight is 350 g/mol. The van der Waals surface area contributed by atoms with Crippen LogP contribution in [0.15, 0.2) is 42.5 Å². The van der Waals surface area contributed by atoms with E-state index in [9.17, 15) is 5.11 Å². The first-order chi connectivity index (χ1) is 14.3. The topological polar surface area (TPSA) is 47.9 Å². The molecule has 4 heteroatoms. The molecule has 0 spiro atoms. The van der Waals surface area contributed by atoms with E-state index in [2.05, 4.69) is 0 Å². The van der Waals surface area contributed by atoms with Gasteiger partial charge < -0.3 is 19.3 Å². The van der Waals surface area contributed by atoms with Crippen LogP contribution in [0.1, 0.15) is 38.6 Å². The second kappa shape index (κ2) is 9.94. The molecule has 0 aliphatic heterocycles. The van der Waals surface area contributed by atoms with E-state index in [-0.39, 0.29) is 23.5 Å². The van der Waals surface area contributed by atoms with Crippen molar-refractivity contribution in [2.45, 2.75) is 38.6 Å². The molecule has 0 saturated carbocycles. The summed E-state index contributed by atoms with van der Waals surface area (Å²) < 4.78 is 64.9. The largest absolute Gasteiger partial charge is 0.493 e. The third kappa shape index (κ3) is 6.31. The molecule has 2 aromatic rings. The predicted octanol–water partition coefficient (Wildman–Crippen LogP) is 4.16. The molecule has 4 nitrogen and oxygen atoms in total. The summed E-state index contributed by atoms with van der Waals surface area (Å²) >= 11 is 0. The summed E-state index contributed by atoms with van der Waals surface area (Å²) in [6.45, 7) is -0.649. The number of benzene rings is 2. The van der Waals surface area contributed by atoms with Crippen molar-refractivity contribution in [2.24, 2.45) is 0 Å². The van der Waals surface area contributed by atoms with Crippen molar-refractivity contribution in [1.82, 2.24) is 0 Å². The molecule has 0 aromatic heterocycles. The van der Waals surface area contributed by atoms with Crippen LogP contribution in [-0.4, -0.2) is 32.0 Å². The summed E-state index contributed by atoms with van der Waals surface area (Å²) in [7, 11) is 2.85. The van der Waals surface area contributed by atoms with Gasteiger partial charge in [-0.1, -0.05) is 24.6 Å². The highest BCUT2D eigenvalue weighted by Crippen LogP contribution is 2.28. The summed E-state index contributed by atoms with van der Waals surface area (Å²) in [5.41, 5.74) is 0.908. The minimum atomic E-state index is -2.47. The van der Waals surface area contributed by atoms with Crippen molar-refractivity contribution in [3.63, 3.8) is 0 Å². The Balaban J connectivity index is 2.13. The number of aliphatic hydroxyl groups excluding tert-OH is 1. The quantitative estimate of drug-likeness (QED) is 0.699. The highest BCUT2D eigenvalue weighted by molar-refractivity contribution is 5.42. The third-order valence-electron chi connectivity index (χ3n) is 3.46. The van der Waals surface area contributed by atoms with E-state index >= 15 is 0 Å². The Morgan fingerprint density at radius 3 is 2.60 bits per heavy atom. The van der Waals surface area contributed by atoms with Gasteiger partial charge in [-0.15, -0.1) is 0 Å². The number of aliphatic hydroxyl groups is 1. The molecule has 136 valence electrons. The van der Waals surface area contributed by atoms with Crippen LogP contribution in [0, 0.1) is 6.92 Å². The smallest absolute Gasteiger partial charge is 0.160 e. The number of aryl methyl sites for hydroxylation is 2. The lowest BCUT2D eigenvalue weighted by Crippen LogP contribution is -2.17. The summed E-state index contributed by atoms with van der Waals surface area (Å²) in [5, 5.41) is 10.3. The lowest BCUT2D eigenvalue weighted by molar-refractivity contribution is 0.0976. The SMILES string of the molecule is [2H]C([2H])(Oc1cccc(C)c1)C(O)CCC([2H])([2H])C([2H])([2H])c1ccc(OC)c(OC)c1. The number of ether oxygens (including phenoxy) is 3. The van der Waals surface area contributed by atoms with Gasteiger partial charge in [0.15, 0.2) is 11.5 Å². The first-order valence-corrected chi connectivity index (χ1v) is 8.00. The van der Waals surface area contributed by atoms with Gasteiger partial charge in [0.25, 0.3) is 0 Å². The molecule has 0 saturated heterocycles. The highest BCUT2D eigenvalue weighted by atomic mass is 16.5. The molecule has 1 N–H and O–H groups in total. The van der Waals surface area contributed by atoms with Gasteiger partial charge in [-0.25, -0.2) is 0 Å². The fraction of sp³-hybridized carbons (Fsp3) is 0.429. The van der Waals surface area contributed by atoms with Gasteiger partial charge in [0.1, 0.15) is 12.3 Å². The molecule has 2 rings (SSSR count). The van der Waals surface area contributed by atoms with Crippen molar-refractivity contribution < 1.29 is 27.5 Å². The molecule has 0 heterocycles. The van der Waals surface area contributed by atoms with Crippen LogP contribution in [-0.2, 0) is 6.37 Å². The van der Waals surface area contributed by atoms with Gasteiger partial charge in [-0.3, -0.25) is 0 Å². The lowest BCUT2D eigenvalue weighted by Gasteiger charge is -2.13. The van der Waals surface area contributed by atoms with E-state index in [4.69, 9.17) is 22.4 Å². The summed E-state index contributed by atoms with van der Waals surface area (Å²) in [4.78, 5) is 0. The van der Waals surface area contributed by atoms with E-state index in [0.29, 0.717) is 5.75 Å². The van der Waals surface area contributed by atoms with E-state index < -0.39 is 31.8 Å². The van der Waals surface area contributed by atoms with Crippen LogP contribution in [0.25, 0.3) is 0 Å². The van der Waals surface area contributed by atoms with Gasteiger partial charge in [0.05, 0.1) is 23.1 Å². The Hall–Kier alpha value is -2.20. The van der Waals surface area contributed by atoms with Crippen LogP contribution < -0.4 is 14.2 Å². The Morgan fingerprint density at radius 1 is 1.08 bits per heavy atom. The third-order valence-corrected chi connectivity index (χ3v) is 3.46. The highest BCUT2D eigenvalue weighted by Gasteiger charge is 2.07. The minimum Gasteiger partial charge on any atom is -0.493 e. The van der Waals surface area contributed by atoms with E-state index in [1.165, 1.54) is 32.4 Å². The molecule has 2 aromatic carbocycles. The molecule has 25 heavy (non-hydrogen) atoms.